The molecule has 0 amide bonds. The first-order chi connectivity index (χ1) is 24.3. The van der Waals surface area contributed by atoms with Crippen LogP contribution in [0.4, 0.5) is 0 Å². The van der Waals surface area contributed by atoms with E-state index in [4.69, 9.17) is 19.4 Å². The predicted octanol–water partition coefficient (Wildman–Crippen LogP) is 11.9. The van der Waals surface area contributed by atoms with Crippen molar-refractivity contribution >= 4 is 54.3 Å². The van der Waals surface area contributed by atoms with Crippen molar-refractivity contribution in [2.45, 2.75) is 0 Å². The Balaban J connectivity index is 1.27. The Morgan fingerprint density at radius 3 is 1.76 bits per heavy atom. The molecule has 2 heterocycles. The zero-order chi connectivity index (χ0) is 32.3. The summed E-state index contributed by atoms with van der Waals surface area (Å²) in [6.45, 7) is 0. The van der Waals surface area contributed by atoms with Crippen molar-refractivity contribution in [3.8, 4) is 45.3 Å². The van der Waals surface area contributed by atoms with Crippen LogP contribution in [0.1, 0.15) is 0 Å². The van der Waals surface area contributed by atoms with E-state index in [0.29, 0.717) is 17.5 Å². The Morgan fingerprint density at radius 1 is 0.347 bits per heavy atom. The average molecular weight is 626 g/mol. The van der Waals surface area contributed by atoms with E-state index in [9.17, 15) is 0 Å². The monoisotopic (exact) mass is 625 g/mol. The normalized spacial score (nSPS) is 11.7. The van der Waals surface area contributed by atoms with Gasteiger partial charge in [0.1, 0.15) is 11.2 Å². The van der Waals surface area contributed by atoms with Gasteiger partial charge in [-0.25, -0.2) is 15.0 Å². The van der Waals surface area contributed by atoms with Crippen LogP contribution in [0.5, 0.6) is 0 Å². The second kappa shape index (κ2) is 11.0. The molecule has 49 heavy (non-hydrogen) atoms. The summed E-state index contributed by atoms with van der Waals surface area (Å²) in [6, 6.07) is 56.8. The summed E-state index contributed by atoms with van der Waals surface area (Å²) in [4.78, 5) is 15.5. The minimum Gasteiger partial charge on any atom is -0.455 e. The highest BCUT2D eigenvalue weighted by molar-refractivity contribution is 6.22. The zero-order valence-electron chi connectivity index (χ0n) is 26.3. The van der Waals surface area contributed by atoms with Crippen molar-refractivity contribution in [2.24, 2.45) is 0 Å². The van der Waals surface area contributed by atoms with Gasteiger partial charge in [-0.15, -0.1) is 0 Å². The SMILES string of the molecule is c1ccc(-c2nc(-c3ccc4ccc5ccccc5c4c3)nc(-c3cc4c(oc5cccc(-c6ccccc6)c54)c4ccccc34)n2)cc1. The highest BCUT2D eigenvalue weighted by Crippen LogP contribution is 2.43. The summed E-state index contributed by atoms with van der Waals surface area (Å²) in [5.74, 6) is 1.88. The number of fused-ring (bicyclic) bond motifs is 8. The van der Waals surface area contributed by atoms with Gasteiger partial charge in [0.05, 0.1) is 0 Å². The third-order valence-corrected chi connectivity index (χ3v) is 9.50. The first-order valence-corrected chi connectivity index (χ1v) is 16.4. The van der Waals surface area contributed by atoms with E-state index in [-0.39, 0.29) is 0 Å². The lowest BCUT2D eigenvalue weighted by Gasteiger charge is -2.12. The number of benzene rings is 8. The molecule has 0 saturated carbocycles. The van der Waals surface area contributed by atoms with E-state index in [2.05, 4.69) is 121 Å². The van der Waals surface area contributed by atoms with E-state index in [1.54, 1.807) is 0 Å². The largest absolute Gasteiger partial charge is 0.455 e. The molecule has 8 aromatic carbocycles. The van der Waals surface area contributed by atoms with Crippen molar-refractivity contribution in [3.05, 3.63) is 164 Å². The fourth-order valence-corrected chi connectivity index (χ4v) is 7.17. The Labute approximate surface area is 282 Å². The number of nitrogens with zero attached hydrogens (tertiary/aromatic N) is 3. The van der Waals surface area contributed by atoms with Crippen LogP contribution >= 0.6 is 0 Å². The summed E-state index contributed by atoms with van der Waals surface area (Å²) in [5.41, 5.74) is 6.78. The quantitative estimate of drug-likeness (QED) is 0.183. The van der Waals surface area contributed by atoms with E-state index in [1.165, 1.54) is 21.5 Å². The van der Waals surface area contributed by atoms with Crippen LogP contribution in [-0.2, 0) is 0 Å². The van der Waals surface area contributed by atoms with E-state index in [0.717, 1.165) is 60.5 Å². The van der Waals surface area contributed by atoms with Gasteiger partial charge >= 0.3 is 0 Å². The van der Waals surface area contributed by atoms with Gasteiger partial charge < -0.3 is 4.42 Å². The van der Waals surface area contributed by atoms with Crippen LogP contribution in [-0.4, -0.2) is 15.0 Å². The molecule has 0 saturated heterocycles. The second-order valence-electron chi connectivity index (χ2n) is 12.4. The highest BCUT2D eigenvalue weighted by Gasteiger charge is 2.20. The number of furan rings is 1. The van der Waals surface area contributed by atoms with Crippen LogP contribution < -0.4 is 0 Å². The summed E-state index contributed by atoms with van der Waals surface area (Å²) in [7, 11) is 0. The topological polar surface area (TPSA) is 51.8 Å². The molecule has 0 bridgehead atoms. The fraction of sp³-hybridized carbons (Fsp3) is 0. The minimum atomic E-state index is 0.617. The maximum Gasteiger partial charge on any atom is 0.164 e. The van der Waals surface area contributed by atoms with Crippen LogP contribution in [0.25, 0.3) is 99.5 Å². The van der Waals surface area contributed by atoms with Gasteiger partial charge in [0.2, 0.25) is 0 Å². The maximum absolute atomic E-state index is 6.63. The average Bonchev–Trinajstić information content (AvgIpc) is 3.57. The van der Waals surface area contributed by atoms with Crippen molar-refractivity contribution in [2.75, 3.05) is 0 Å². The smallest absolute Gasteiger partial charge is 0.164 e. The van der Waals surface area contributed by atoms with Gasteiger partial charge in [-0.3, -0.25) is 0 Å². The van der Waals surface area contributed by atoms with Gasteiger partial charge in [-0.2, -0.15) is 0 Å². The molecule has 2 aromatic heterocycles. The lowest BCUT2D eigenvalue weighted by molar-refractivity contribution is 0.673. The Bertz CT molecular complexity index is 2880. The van der Waals surface area contributed by atoms with Crippen LogP contribution in [0.15, 0.2) is 168 Å². The lowest BCUT2D eigenvalue weighted by Crippen LogP contribution is -2.00. The minimum absolute atomic E-state index is 0.617. The first kappa shape index (κ1) is 27.5. The van der Waals surface area contributed by atoms with Gasteiger partial charge in [0.15, 0.2) is 17.5 Å². The van der Waals surface area contributed by atoms with Gasteiger partial charge in [0, 0.05) is 32.8 Å². The number of aromatic nitrogens is 3. The molecule has 4 nitrogen and oxygen atoms in total. The molecule has 0 fully saturated rings. The Hall–Kier alpha value is -6.65. The number of rotatable bonds is 4. The Kier molecular flexibility index (Phi) is 6.15. The molecule has 0 aliphatic rings. The molecule has 10 aromatic rings. The molecule has 0 radical (unpaired) electrons. The number of hydrogen-bond donors (Lipinski definition) is 0. The second-order valence-corrected chi connectivity index (χ2v) is 12.4. The van der Waals surface area contributed by atoms with Crippen LogP contribution in [0, 0.1) is 0 Å². The molecule has 228 valence electrons. The van der Waals surface area contributed by atoms with Crippen molar-refractivity contribution in [3.63, 3.8) is 0 Å². The first-order valence-electron chi connectivity index (χ1n) is 16.4. The standard InChI is InChI=1S/C45H27N3O/c1-3-12-28(13-4-1)34-20-11-21-40-41(34)39-27-38(35-18-9-10-19-36(35)42(39)49-40)45-47-43(31-15-5-2-6-16-31)46-44(48-45)32-25-24-30-23-22-29-14-7-8-17-33(29)37(30)26-32/h1-27H. The van der Waals surface area contributed by atoms with Crippen molar-refractivity contribution in [1.29, 1.82) is 0 Å². The highest BCUT2D eigenvalue weighted by atomic mass is 16.3. The molecule has 0 unspecified atom stereocenters. The molecule has 0 aliphatic heterocycles. The van der Waals surface area contributed by atoms with E-state index in [1.807, 2.05) is 42.5 Å². The van der Waals surface area contributed by atoms with Crippen LogP contribution in [0.2, 0.25) is 0 Å². The summed E-state index contributed by atoms with van der Waals surface area (Å²) >= 11 is 0. The zero-order valence-corrected chi connectivity index (χ0v) is 26.3. The lowest BCUT2D eigenvalue weighted by atomic mass is 9.96. The van der Waals surface area contributed by atoms with Crippen LogP contribution in [0.3, 0.4) is 0 Å². The third-order valence-electron chi connectivity index (χ3n) is 9.50. The molecule has 10 rings (SSSR count). The summed E-state index contributed by atoms with van der Waals surface area (Å²) < 4.78 is 6.63. The predicted molar refractivity (Wildman–Crippen MR) is 201 cm³/mol. The van der Waals surface area contributed by atoms with E-state index >= 15 is 0 Å². The molecule has 0 atom stereocenters. The molecule has 0 spiro atoms. The van der Waals surface area contributed by atoms with Crippen molar-refractivity contribution in [1.82, 2.24) is 15.0 Å². The molecule has 0 N–H and O–H groups in total. The van der Waals surface area contributed by atoms with Crippen molar-refractivity contribution < 1.29 is 4.42 Å². The third kappa shape index (κ3) is 4.49. The molecule has 0 aliphatic carbocycles. The molecular formula is C45H27N3O. The van der Waals surface area contributed by atoms with E-state index < -0.39 is 0 Å². The Morgan fingerprint density at radius 2 is 0.959 bits per heavy atom. The summed E-state index contributed by atoms with van der Waals surface area (Å²) in [5, 5.41) is 8.91. The number of hydrogen-bond acceptors (Lipinski definition) is 4. The van der Waals surface area contributed by atoms with Gasteiger partial charge in [-0.1, -0.05) is 146 Å². The summed E-state index contributed by atoms with van der Waals surface area (Å²) in [6.07, 6.45) is 0. The molecular weight excluding hydrogens is 599 g/mol. The molecule has 4 heteroatoms. The fourth-order valence-electron chi connectivity index (χ4n) is 7.17. The van der Waals surface area contributed by atoms with Gasteiger partial charge in [-0.05, 0) is 56.3 Å². The maximum atomic E-state index is 6.63. The van der Waals surface area contributed by atoms with Gasteiger partial charge in [0.25, 0.3) is 0 Å².